The van der Waals surface area contributed by atoms with Crippen molar-refractivity contribution in [1.82, 2.24) is 0 Å². The molecule has 1 aromatic rings. The Balaban J connectivity index is 2.06. The zero-order valence-electron chi connectivity index (χ0n) is 9.96. The smallest absolute Gasteiger partial charge is 0.162 e. The van der Waals surface area contributed by atoms with Crippen LogP contribution in [0.5, 0.6) is 0 Å². The second kappa shape index (κ2) is 5.58. The van der Waals surface area contributed by atoms with Crippen molar-refractivity contribution in [3.8, 4) is 0 Å². The quantitative estimate of drug-likeness (QED) is 0.786. The summed E-state index contributed by atoms with van der Waals surface area (Å²) in [6, 6.07) is 4.63. The predicted molar refractivity (Wildman–Crippen MR) is 64.6 cm³/mol. The molecule has 94 valence electrons. The summed E-state index contributed by atoms with van der Waals surface area (Å²) in [5, 5.41) is 0. The van der Waals surface area contributed by atoms with Gasteiger partial charge in [-0.15, -0.1) is 0 Å². The fraction of sp³-hybridized carbons (Fsp3) is 0.571. The summed E-state index contributed by atoms with van der Waals surface area (Å²) in [4.78, 5) is 0. The van der Waals surface area contributed by atoms with E-state index >= 15 is 0 Å². The van der Waals surface area contributed by atoms with Gasteiger partial charge in [0.25, 0.3) is 0 Å². The summed E-state index contributed by atoms with van der Waals surface area (Å²) < 4.78 is 26.6. The third kappa shape index (κ3) is 3.25. The lowest BCUT2D eigenvalue weighted by Gasteiger charge is -2.17. The van der Waals surface area contributed by atoms with Gasteiger partial charge < -0.3 is 5.73 Å². The molecular weight excluding hydrogens is 220 g/mol. The fourth-order valence-electron chi connectivity index (χ4n) is 2.71. The van der Waals surface area contributed by atoms with Crippen molar-refractivity contribution in [3.63, 3.8) is 0 Å². The number of benzene rings is 1. The predicted octanol–water partition coefficient (Wildman–Crippen LogP) is 3.41. The zero-order valence-corrected chi connectivity index (χ0v) is 9.96. The number of rotatable bonds is 2. The molecule has 1 aromatic carbocycles. The van der Waals surface area contributed by atoms with Gasteiger partial charge in [-0.05, 0) is 36.8 Å². The van der Waals surface area contributed by atoms with Crippen molar-refractivity contribution in [2.24, 2.45) is 11.7 Å². The van der Waals surface area contributed by atoms with E-state index in [1.807, 2.05) is 0 Å². The van der Waals surface area contributed by atoms with E-state index in [0.717, 1.165) is 38.2 Å². The first-order valence-corrected chi connectivity index (χ1v) is 6.35. The summed E-state index contributed by atoms with van der Waals surface area (Å²) >= 11 is 0. The molecular formula is C14H19F2N. The third-order valence-corrected chi connectivity index (χ3v) is 3.61. The fourth-order valence-corrected chi connectivity index (χ4v) is 2.71. The molecule has 0 aromatic heterocycles. The second-order valence-electron chi connectivity index (χ2n) is 5.06. The minimum Gasteiger partial charge on any atom is -0.328 e. The molecule has 3 heteroatoms. The summed E-state index contributed by atoms with van der Waals surface area (Å²) in [5.74, 6) is -1.05. The van der Waals surface area contributed by atoms with Crippen LogP contribution in [0.25, 0.3) is 0 Å². The minimum absolute atomic E-state index is 0.221. The van der Waals surface area contributed by atoms with Gasteiger partial charge in [-0.25, -0.2) is 8.78 Å². The first-order valence-electron chi connectivity index (χ1n) is 6.35. The number of hydrogen-bond donors (Lipinski definition) is 1. The Hall–Kier alpha value is -0.960. The lowest BCUT2D eigenvalue weighted by molar-refractivity contribution is 0.416. The maximum absolute atomic E-state index is 13.5. The molecule has 0 amide bonds. The second-order valence-corrected chi connectivity index (χ2v) is 5.06. The minimum atomic E-state index is -0.750. The summed E-state index contributed by atoms with van der Waals surface area (Å²) in [7, 11) is 0. The number of nitrogens with two attached hydrogens (primary N) is 1. The van der Waals surface area contributed by atoms with Crippen LogP contribution >= 0.6 is 0 Å². The van der Waals surface area contributed by atoms with Crippen molar-refractivity contribution in [3.05, 3.63) is 35.4 Å². The molecule has 2 unspecified atom stereocenters. The van der Waals surface area contributed by atoms with Crippen molar-refractivity contribution in [1.29, 1.82) is 0 Å². The molecule has 0 saturated heterocycles. The van der Waals surface area contributed by atoms with Gasteiger partial charge >= 0.3 is 0 Å². The van der Waals surface area contributed by atoms with E-state index in [1.54, 1.807) is 12.1 Å². The van der Waals surface area contributed by atoms with Crippen molar-refractivity contribution >= 4 is 0 Å². The van der Waals surface area contributed by atoms with Crippen LogP contribution in [0.15, 0.2) is 18.2 Å². The topological polar surface area (TPSA) is 26.0 Å². The SMILES string of the molecule is NC1CCCCC(Cc2cccc(F)c2F)C1. The highest BCUT2D eigenvalue weighted by atomic mass is 19.2. The van der Waals surface area contributed by atoms with E-state index in [2.05, 4.69) is 0 Å². The molecule has 1 aliphatic carbocycles. The first-order chi connectivity index (χ1) is 8.16. The van der Waals surface area contributed by atoms with Gasteiger partial charge in [0, 0.05) is 6.04 Å². The van der Waals surface area contributed by atoms with E-state index in [0.29, 0.717) is 17.9 Å². The molecule has 0 radical (unpaired) electrons. The Labute approximate surface area is 101 Å². The summed E-state index contributed by atoms with van der Waals surface area (Å²) in [6.45, 7) is 0. The molecule has 0 heterocycles. The maximum Gasteiger partial charge on any atom is 0.162 e. The molecule has 0 bridgehead atoms. The van der Waals surface area contributed by atoms with E-state index < -0.39 is 11.6 Å². The average Bonchev–Trinajstić information content (AvgIpc) is 2.49. The Morgan fingerprint density at radius 1 is 1.18 bits per heavy atom. The van der Waals surface area contributed by atoms with Crippen molar-refractivity contribution in [2.75, 3.05) is 0 Å². The molecule has 2 atom stereocenters. The van der Waals surface area contributed by atoms with Crippen LogP contribution in [0.4, 0.5) is 8.78 Å². The van der Waals surface area contributed by atoms with Gasteiger partial charge in [0.2, 0.25) is 0 Å². The van der Waals surface area contributed by atoms with Gasteiger partial charge in [-0.2, -0.15) is 0 Å². The van der Waals surface area contributed by atoms with Gasteiger partial charge in [0.1, 0.15) is 0 Å². The molecule has 1 nitrogen and oxygen atoms in total. The molecule has 17 heavy (non-hydrogen) atoms. The summed E-state index contributed by atoms with van der Waals surface area (Å²) in [6.07, 6.45) is 5.97. The van der Waals surface area contributed by atoms with Gasteiger partial charge in [0.05, 0.1) is 0 Å². The third-order valence-electron chi connectivity index (χ3n) is 3.61. The molecule has 1 fully saturated rings. The van der Waals surface area contributed by atoms with Crippen molar-refractivity contribution in [2.45, 2.75) is 44.6 Å². The van der Waals surface area contributed by atoms with E-state index in [1.165, 1.54) is 0 Å². The van der Waals surface area contributed by atoms with E-state index in [-0.39, 0.29) is 6.04 Å². The van der Waals surface area contributed by atoms with Crippen molar-refractivity contribution < 1.29 is 8.78 Å². The molecule has 0 spiro atoms. The normalized spacial score (nSPS) is 25.6. The van der Waals surface area contributed by atoms with Crippen LogP contribution in [0.3, 0.4) is 0 Å². The Bertz CT molecular complexity index is 378. The van der Waals surface area contributed by atoms with Crippen LogP contribution in [0.2, 0.25) is 0 Å². The molecule has 2 rings (SSSR count). The lowest BCUT2D eigenvalue weighted by Crippen LogP contribution is -2.22. The van der Waals surface area contributed by atoms with Crippen LogP contribution in [-0.2, 0) is 6.42 Å². The Morgan fingerprint density at radius 3 is 2.76 bits per heavy atom. The molecule has 1 saturated carbocycles. The molecule has 2 N–H and O–H groups in total. The van der Waals surface area contributed by atoms with Gasteiger partial charge in [-0.1, -0.05) is 31.4 Å². The lowest BCUT2D eigenvalue weighted by atomic mass is 9.91. The van der Waals surface area contributed by atoms with Crippen LogP contribution in [0, 0.1) is 17.6 Å². The van der Waals surface area contributed by atoms with Crippen LogP contribution in [-0.4, -0.2) is 6.04 Å². The number of hydrogen-bond acceptors (Lipinski definition) is 1. The summed E-state index contributed by atoms with van der Waals surface area (Å²) in [5.41, 5.74) is 6.47. The first kappa shape index (κ1) is 12.5. The number of halogens is 2. The largest absolute Gasteiger partial charge is 0.328 e. The standard InChI is InChI=1S/C14H19F2N/c15-13-7-3-5-11(14(13)16)8-10-4-1-2-6-12(17)9-10/h3,5,7,10,12H,1-2,4,6,8-9,17H2. The Morgan fingerprint density at radius 2 is 1.94 bits per heavy atom. The highest BCUT2D eigenvalue weighted by Gasteiger charge is 2.19. The highest BCUT2D eigenvalue weighted by molar-refractivity contribution is 5.19. The highest BCUT2D eigenvalue weighted by Crippen LogP contribution is 2.26. The van der Waals surface area contributed by atoms with Crippen LogP contribution in [0.1, 0.15) is 37.7 Å². The zero-order chi connectivity index (χ0) is 12.3. The van der Waals surface area contributed by atoms with Crippen LogP contribution < -0.4 is 5.73 Å². The monoisotopic (exact) mass is 239 g/mol. The Kier molecular flexibility index (Phi) is 4.11. The maximum atomic E-state index is 13.5. The molecule has 0 aliphatic heterocycles. The van der Waals surface area contributed by atoms with Gasteiger partial charge in [-0.3, -0.25) is 0 Å². The van der Waals surface area contributed by atoms with E-state index in [4.69, 9.17) is 5.73 Å². The molecule has 1 aliphatic rings. The van der Waals surface area contributed by atoms with Gasteiger partial charge in [0.15, 0.2) is 11.6 Å². The average molecular weight is 239 g/mol. The van der Waals surface area contributed by atoms with E-state index in [9.17, 15) is 8.78 Å².